The van der Waals surface area contributed by atoms with E-state index < -0.39 is 18.6 Å². The van der Waals surface area contributed by atoms with Crippen molar-refractivity contribution in [3.8, 4) is 5.75 Å². The van der Waals surface area contributed by atoms with E-state index in [0.717, 1.165) is 0 Å². The lowest BCUT2D eigenvalue weighted by Crippen LogP contribution is -2.51. The van der Waals surface area contributed by atoms with E-state index in [9.17, 15) is 19.5 Å². The normalized spacial score (nSPS) is 17.4. The zero-order valence-corrected chi connectivity index (χ0v) is 13.3. The minimum Gasteiger partial charge on any atom is -0.507 e. The van der Waals surface area contributed by atoms with Gasteiger partial charge in [0.25, 0.3) is 5.91 Å². The highest BCUT2D eigenvalue weighted by Gasteiger charge is 2.28. The van der Waals surface area contributed by atoms with Crippen molar-refractivity contribution in [3.63, 3.8) is 0 Å². The van der Waals surface area contributed by atoms with Gasteiger partial charge in [-0.3, -0.25) is 14.4 Å². The first kappa shape index (κ1) is 17.7. The molecule has 0 radical (unpaired) electrons. The molecule has 0 aromatic heterocycles. The molecule has 1 atom stereocenters. The third-order valence-electron chi connectivity index (χ3n) is 3.76. The molecule has 1 unspecified atom stereocenters. The largest absolute Gasteiger partial charge is 0.507 e. The number of hydrogen-bond donors (Lipinski definition) is 2. The molecule has 1 aliphatic rings. The number of amides is 2. The minimum atomic E-state index is -1.11. The number of ether oxygens (including phenoxy) is 1. The number of rotatable bonds is 5. The first-order valence-electron chi connectivity index (χ1n) is 7.54. The van der Waals surface area contributed by atoms with Crippen LogP contribution >= 0.6 is 0 Å². The Morgan fingerprint density at radius 1 is 1.33 bits per heavy atom. The Morgan fingerprint density at radius 2 is 2.04 bits per heavy atom. The lowest BCUT2D eigenvalue weighted by molar-refractivity contribution is -0.145. The molecule has 1 saturated heterocycles. The Balaban J connectivity index is 2.03. The summed E-state index contributed by atoms with van der Waals surface area (Å²) in [4.78, 5) is 37.5. The fourth-order valence-electron chi connectivity index (χ4n) is 2.55. The average molecular weight is 336 g/mol. The van der Waals surface area contributed by atoms with Gasteiger partial charge in [-0.05, 0) is 12.1 Å². The number of phenols is 1. The third kappa shape index (κ3) is 4.45. The van der Waals surface area contributed by atoms with Crippen molar-refractivity contribution >= 4 is 17.8 Å². The monoisotopic (exact) mass is 336 g/mol. The van der Waals surface area contributed by atoms with Crippen molar-refractivity contribution in [2.24, 2.45) is 0 Å². The molecule has 2 amide bonds. The highest BCUT2D eigenvalue weighted by atomic mass is 16.5. The number of aliphatic carboxylic acids is 1. The van der Waals surface area contributed by atoms with Crippen LogP contribution in [0, 0.1) is 0 Å². The van der Waals surface area contributed by atoms with Crippen molar-refractivity contribution in [1.29, 1.82) is 0 Å². The average Bonchev–Trinajstić information content (AvgIpc) is 2.54. The molecule has 1 aliphatic heterocycles. The maximum Gasteiger partial charge on any atom is 0.323 e. The van der Waals surface area contributed by atoms with E-state index in [0.29, 0.717) is 6.54 Å². The second-order valence-electron chi connectivity index (χ2n) is 5.55. The summed E-state index contributed by atoms with van der Waals surface area (Å²) in [5.74, 6) is -1.90. The topological polar surface area (TPSA) is 107 Å². The Hall–Kier alpha value is -2.61. The van der Waals surface area contributed by atoms with Crippen LogP contribution in [0.2, 0.25) is 0 Å². The van der Waals surface area contributed by atoms with Gasteiger partial charge >= 0.3 is 5.97 Å². The number of aromatic hydroxyl groups is 1. The SMILES string of the molecule is CC(=O)N(CC(=O)O)CC1CN(C(=O)c2ccccc2O)CCO1. The molecule has 1 fully saturated rings. The summed E-state index contributed by atoms with van der Waals surface area (Å²) < 4.78 is 5.54. The van der Waals surface area contributed by atoms with Gasteiger partial charge < -0.3 is 24.7 Å². The van der Waals surface area contributed by atoms with Gasteiger partial charge in [-0.1, -0.05) is 12.1 Å². The number of benzene rings is 1. The zero-order chi connectivity index (χ0) is 17.7. The van der Waals surface area contributed by atoms with Gasteiger partial charge in [0.1, 0.15) is 12.3 Å². The molecular formula is C16H20N2O6. The van der Waals surface area contributed by atoms with Gasteiger partial charge in [0.15, 0.2) is 0 Å². The molecule has 0 spiro atoms. The lowest BCUT2D eigenvalue weighted by Gasteiger charge is -2.35. The van der Waals surface area contributed by atoms with E-state index in [4.69, 9.17) is 9.84 Å². The Kier molecular flexibility index (Phi) is 5.75. The van der Waals surface area contributed by atoms with Gasteiger partial charge in [0.2, 0.25) is 5.91 Å². The third-order valence-corrected chi connectivity index (χ3v) is 3.76. The molecule has 24 heavy (non-hydrogen) atoms. The first-order chi connectivity index (χ1) is 11.4. The first-order valence-corrected chi connectivity index (χ1v) is 7.54. The van der Waals surface area contributed by atoms with Crippen LogP contribution in [0.1, 0.15) is 17.3 Å². The van der Waals surface area contributed by atoms with Crippen molar-refractivity contribution in [2.75, 3.05) is 32.8 Å². The number of morpholine rings is 1. The summed E-state index contributed by atoms with van der Waals surface area (Å²) in [7, 11) is 0. The smallest absolute Gasteiger partial charge is 0.323 e. The zero-order valence-electron chi connectivity index (χ0n) is 13.3. The van der Waals surface area contributed by atoms with Gasteiger partial charge in [-0.15, -0.1) is 0 Å². The number of carboxylic acids is 1. The number of nitrogens with zero attached hydrogens (tertiary/aromatic N) is 2. The summed E-state index contributed by atoms with van der Waals surface area (Å²) >= 11 is 0. The van der Waals surface area contributed by atoms with Gasteiger partial charge in [-0.2, -0.15) is 0 Å². The van der Waals surface area contributed by atoms with E-state index in [-0.39, 0.29) is 42.8 Å². The van der Waals surface area contributed by atoms with Gasteiger partial charge in [0, 0.05) is 26.6 Å². The quantitative estimate of drug-likeness (QED) is 0.793. The molecule has 1 aromatic carbocycles. The Bertz CT molecular complexity index is 633. The number of carbonyl (C=O) groups is 3. The maximum absolute atomic E-state index is 12.5. The number of carboxylic acid groups (broad SMARTS) is 1. The second kappa shape index (κ2) is 7.78. The van der Waals surface area contributed by atoms with Crippen LogP contribution in [0.4, 0.5) is 0 Å². The van der Waals surface area contributed by atoms with Crippen LogP contribution < -0.4 is 0 Å². The summed E-state index contributed by atoms with van der Waals surface area (Å²) in [6, 6.07) is 6.27. The molecule has 1 aromatic rings. The van der Waals surface area contributed by atoms with Crippen LogP contribution in [0.5, 0.6) is 5.75 Å². The van der Waals surface area contributed by atoms with Crippen molar-refractivity contribution < 1.29 is 29.3 Å². The van der Waals surface area contributed by atoms with Crippen molar-refractivity contribution in [3.05, 3.63) is 29.8 Å². The highest BCUT2D eigenvalue weighted by Crippen LogP contribution is 2.19. The summed E-state index contributed by atoms with van der Waals surface area (Å²) in [6.07, 6.45) is -0.475. The minimum absolute atomic E-state index is 0.0895. The van der Waals surface area contributed by atoms with E-state index in [1.165, 1.54) is 28.9 Å². The van der Waals surface area contributed by atoms with Crippen LogP contribution in [0.25, 0.3) is 0 Å². The van der Waals surface area contributed by atoms with Crippen molar-refractivity contribution in [1.82, 2.24) is 9.80 Å². The predicted molar refractivity (Wildman–Crippen MR) is 83.6 cm³/mol. The number of phenolic OH excluding ortho intramolecular Hbond substituents is 1. The summed E-state index contributed by atoms with van der Waals surface area (Å²) in [5.41, 5.74) is 0.201. The molecule has 2 rings (SSSR count). The van der Waals surface area contributed by atoms with Crippen LogP contribution in [-0.4, -0.2) is 76.7 Å². The van der Waals surface area contributed by atoms with E-state index >= 15 is 0 Å². The van der Waals surface area contributed by atoms with Crippen LogP contribution in [0.15, 0.2) is 24.3 Å². The molecule has 0 aliphatic carbocycles. The molecular weight excluding hydrogens is 316 g/mol. The molecule has 130 valence electrons. The van der Waals surface area contributed by atoms with Crippen LogP contribution in [0.3, 0.4) is 0 Å². The van der Waals surface area contributed by atoms with E-state index in [1.54, 1.807) is 12.1 Å². The molecule has 8 heteroatoms. The standard InChI is InChI=1S/C16H20N2O6/c1-11(19)18(10-15(21)22)9-12-8-17(6-7-24-12)16(23)13-4-2-3-5-14(13)20/h2-5,12,20H,6-10H2,1H3,(H,21,22). The maximum atomic E-state index is 12.5. The summed E-state index contributed by atoms with van der Waals surface area (Å²) in [5, 5.41) is 18.7. The Labute approximate surface area is 139 Å². The molecule has 8 nitrogen and oxygen atoms in total. The van der Waals surface area contributed by atoms with E-state index in [2.05, 4.69) is 0 Å². The number of carbonyl (C=O) groups excluding carboxylic acids is 2. The molecule has 1 heterocycles. The Morgan fingerprint density at radius 3 is 2.67 bits per heavy atom. The fourth-order valence-corrected chi connectivity index (χ4v) is 2.55. The molecule has 2 N–H and O–H groups in total. The van der Waals surface area contributed by atoms with Gasteiger partial charge in [0.05, 0.1) is 18.3 Å². The summed E-state index contributed by atoms with van der Waals surface area (Å²) in [6.45, 7) is 1.83. The highest BCUT2D eigenvalue weighted by molar-refractivity contribution is 5.96. The van der Waals surface area contributed by atoms with Gasteiger partial charge in [-0.25, -0.2) is 0 Å². The fraction of sp³-hybridized carbons (Fsp3) is 0.438. The lowest BCUT2D eigenvalue weighted by atomic mass is 10.1. The number of para-hydroxylation sites is 1. The second-order valence-corrected chi connectivity index (χ2v) is 5.55. The molecule has 0 bridgehead atoms. The van der Waals surface area contributed by atoms with Crippen molar-refractivity contribution in [2.45, 2.75) is 13.0 Å². The number of hydrogen-bond acceptors (Lipinski definition) is 5. The van der Waals surface area contributed by atoms with Crippen LogP contribution in [-0.2, 0) is 14.3 Å². The predicted octanol–water partition coefficient (Wildman–Crippen LogP) is 0.166. The van der Waals surface area contributed by atoms with E-state index in [1.807, 2.05) is 0 Å². The molecule has 0 saturated carbocycles.